The van der Waals surface area contributed by atoms with Gasteiger partial charge in [-0.1, -0.05) is 72.7 Å². The number of terminal acetylenes is 1. The van der Waals surface area contributed by atoms with E-state index in [9.17, 15) is 4.39 Å². The highest BCUT2D eigenvalue weighted by Gasteiger charge is 2.50. The first kappa shape index (κ1) is 37.2. The van der Waals surface area contributed by atoms with Crippen LogP contribution in [0.15, 0.2) is 89.9 Å². The van der Waals surface area contributed by atoms with Crippen LogP contribution in [0.25, 0.3) is 32.9 Å². The van der Waals surface area contributed by atoms with Gasteiger partial charge in [-0.25, -0.2) is 23.1 Å². The molecule has 8 nitrogen and oxygen atoms in total. The number of aryl methyl sites for hydroxylation is 1. The number of hydrogen-bond donors (Lipinski definition) is 1. The number of nitrogens with zero attached hydrogens (tertiary/aromatic N) is 6. The summed E-state index contributed by atoms with van der Waals surface area (Å²) in [6.45, 7) is 2.14. The highest BCUT2D eigenvalue weighted by atomic mass is 19.1. The molecule has 302 valence electrons. The maximum absolute atomic E-state index is 18.0. The van der Waals surface area contributed by atoms with E-state index in [0.717, 1.165) is 68.5 Å². The summed E-state index contributed by atoms with van der Waals surface area (Å²) in [5.74, 6) is 1.91. The molecule has 0 aliphatic carbocycles. The van der Waals surface area contributed by atoms with Crippen molar-refractivity contribution >= 4 is 38.9 Å². The molecule has 5 aliphatic rings. The Labute approximate surface area is 346 Å². The molecule has 0 unspecified atom stereocenters. The molecule has 1 N–H and O–H groups in total. The van der Waals surface area contributed by atoms with Gasteiger partial charge >= 0.3 is 6.01 Å². The minimum atomic E-state index is -0.922. The topological polar surface area (TPSA) is 78.8 Å². The second kappa shape index (κ2) is 14.7. The van der Waals surface area contributed by atoms with Gasteiger partial charge in [-0.15, -0.1) is 6.42 Å². The normalized spacial score (nSPS) is 24.5. The lowest BCUT2D eigenvalue weighted by molar-refractivity contribution is 0.107. The molecule has 6 aromatic rings. The van der Waals surface area contributed by atoms with Gasteiger partial charge in [-0.3, -0.25) is 4.90 Å². The molecule has 4 aromatic carbocycles. The summed E-state index contributed by atoms with van der Waals surface area (Å²) in [6.07, 6.45) is 11.7. The number of rotatable bonds is 7. The van der Waals surface area contributed by atoms with Crippen LogP contribution in [0.3, 0.4) is 0 Å². The van der Waals surface area contributed by atoms with Crippen molar-refractivity contribution in [1.29, 1.82) is 0 Å². The number of hydrogen-bond acceptors (Lipinski definition) is 8. The first-order valence-electron chi connectivity index (χ1n) is 21.2. The van der Waals surface area contributed by atoms with E-state index in [1.165, 1.54) is 6.07 Å². The first-order valence-corrected chi connectivity index (χ1v) is 21.2. The van der Waals surface area contributed by atoms with E-state index in [2.05, 4.69) is 21.0 Å². The van der Waals surface area contributed by atoms with Crippen LogP contribution in [0.2, 0.25) is 0 Å². The number of anilines is 1. The van der Waals surface area contributed by atoms with Crippen molar-refractivity contribution in [2.75, 3.05) is 31.1 Å². The van der Waals surface area contributed by atoms with Crippen molar-refractivity contribution in [3.8, 4) is 29.6 Å². The maximum Gasteiger partial charge on any atom is 0.319 e. The molecule has 2 aromatic heterocycles. The summed E-state index contributed by atoms with van der Waals surface area (Å²) in [7, 11) is 0. The summed E-state index contributed by atoms with van der Waals surface area (Å²) < 4.78 is 55.0. The van der Waals surface area contributed by atoms with Crippen molar-refractivity contribution in [1.82, 2.24) is 25.2 Å². The van der Waals surface area contributed by atoms with Gasteiger partial charge < -0.3 is 15.0 Å². The van der Waals surface area contributed by atoms with Crippen molar-refractivity contribution < 1.29 is 17.9 Å². The smallest absolute Gasteiger partial charge is 0.319 e. The minimum absolute atomic E-state index is 0.00681. The summed E-state index contributed by atoms with van der Waals surface area (Å²) in [5.41, 5.74) is 3.69. The number of pyridine rings is 1. The fourth-order valence-corrected chi connectivity index (χ4v) is 10.9. The van der Waals surface area contributed by atoms with Crippen LogP contribution < -0.4 is 15.0 Å². The van der Waals surface area contributed by atoms with E-state index in [4.69, 9.17) is 31.1 Å². The summed E-state index contributed by atoms with van der Waals surface area (Å²) >= 11 is 0. The third kappa shape index (κ3) is 6.22. The van der Waals surface area contributed by atoms with Crippen LogP contribution in [-0.4, -0.2) is 81.6 Å². The van der Waals surface area contributed by atoms with E-state index in [0.29, 0.717) is 64.3 Å². The largest absolute Gasteiger partial charge is 0.461 e. The fraction of sp³-hybridized carbons (Fsp3) is 0.347. The summed E-state index contributed by atoms with van der Waals surface area (Å²) in [5, 5.41) is 5.34. The van der Waals surface area contributed by atoms with E-state index < -0.39 is 23.3 Å². The van der Waals surface area contributed by atoms with Crippen molar-refractivity contribution in [2.45, 2.75) is 81.2 Å². The highest BCUT2D eigenvalue weighted by Crippen LogP contribution is 2.45. The predicted molar refractivity (Wildman–Crippen MR) is 229 cm³/mol. The van der Waals surface area contributed by atoms with Crippen molar-refractivity contribution in [3.05, 3.63) is 119 Å². The number of halogens is 3. The Kier molecular flexibility index (Phi) is 9.12. The predicted octanol–water partition coefficient (Wildman–Crippen LogP) is 8.87. The van der Waals surface area contributed by atoms with Crippen LogP contribution in [0.4, 0.5) is 24.7 Å². The third-order valence-corrected chi connectivity index (χ3v) is 13.6. The Morgan fingerprint density at radius 2 is 1.72 bits per heavy atom. The maximum atomic E-state index is 18.0. The number of piperazine rings is 1. The Bertz CT molecular complexity index is 2700. The highest BCUT2D eigenvalue weighted by molar-refractivity contribution is 6.14. The molecule has 0 saturated carbocycles. The third-order valence-electron chi connectivity index (χ3n) is 13.6. The van der Waals surface area contributed by atoms with Gasteiger partial charge in [0.05, 0.1) is 33.6 Å². The molecular formula is C49H44F3N7O. The van der Waals surface area contributed by atoms with Crippen LogP contribution in [0.5, 0.6) is 6.01 Å². The molecule has 5 aliphatic heterocycles. The lowest BCUT2D eigenvalue weighted by atomic mass is 9.92. The molecule has 4 fully saturated rings. The number of fused-ring (bicyclic) bond motifs is 7. The first-order chi connectivity index (χ1) is 29.4. The molecule has 4 saturated heterocycles. The molecule has 5 atom stereocenters. The second-order valence-corrected chi connectivity index (χ2v) is 17.1. The molecular weight excluding hydrogens is 760 g/mol. The quantitative estimate of drug-likeness (QED) is 0.128. The number of ether oxygens (including phenoxy) is 1. The van der Waals surface area contributed by atoms with Crippen molar-refractivity contribution in [3.63, 3.8) is 0 Å². The van der Waals surface area contributed by atoms with E-state index in [1.54, 1.807) is 12.1 Å². The summed E-state index contributed by atoms with van der Waals surface area (Å²) in [6, 6.07) is 27.2. The molecule has 60 heavy (non-hydrogen) atoms. The number of alkyl halides is 1. The zero-order valence-corrected chi connectivity index (χ0v) is 33.2. The van der Waals surface area contributed by atoms with Crippen LogP contribution >= 0.6 is 0 Å². The van der Waals surface area contributed by atoms with Crippen LogP contribution in [0.1, 0.15) is 67.3 Å². The number of aromatic nitrogens is 3. The van der Waals surface area contributed by atoms with E-state index in [-0.39, 0.29) is 41.5 Å². The molecule has 11 heteroatoms. The van der Waals surface area contributed by atoms with Gasteiger partial charge in [0, 0.05) is 59.7 Å². The van der Waals surface area contributed by atoms with Gasteiger partial charge in [0.2, 0.25) is 0 Å². The average Bonchev–Trinajstić information content (AvgIpc) is 3.94. The van der Waals surface area contributed by atoms with Crippen LogP contribution in [-0.2, 0) is 6.42 Å². The molecule has 11 rings (SSSR count). The monoisotopic (exact) mass is 803 g/mol. The molecule has 0 radical (unpaired) electrons. The minimum Gasteiger partial charge on any atom is -0.461 e. The molecule has 7 heterocycles. The zero-order valence-electron chi connectivity index (χ0n) is 33.2. The van der Waals surface area contributed by atoms with E-state index in [1.807, 2.05) is 66.7 Å². The lowest BCUT2D eigenvalue weighted by Crippen LogP contribution is -2.58. The SMILES string of the molecule is C#Cc1c(F)ccc2cc(N=C(c3ccccc3)c3ccccc3)cc(-c3nc4c5c(nc(OC[C@@]67CCCN6C[C@H](F)C7)nc5c3F)N3C[C@H]5CC[C@H](N5)[C@H]3CCC4)c12. The summed E-state index contributed by atoms with van der Waals surface area (Å²) in [4.78, 5) is 24.8. The second-order valence-electron chi connectivity index (χ2n) is 17.1. The Morgan fingerprint density at radius 1 is 0.917 bits per heavy atom. The Hall–Kier alpha value is -5.83. The van der Waals surface area contributed by atoms with Gasteiger partial charge in [0.15, 0.2) is 5.82 Å². The molecule has 2 bridgehead atoms. The Balaban J connectivity index is 1.13. The fourth-order valence-electron chi connectivity index (χ4n) is 10.9. The van der Waals surface area contributed by atoms with E-state index >= 15 is 8.78 Å². The standard InChI is InChI=1S/C49H44F3N7O/c1-2-35-37(51)19-17-31-23-34(54-44(29-11-5-3-6-12-29)30-13-7-4-8-14-30)24-36(41(31)35)45-43(52)46-42-39(55-45)15-9-16-40-38-20-18-33(53-38)27-59(40)47(42)57-48(56-46)60-28-49-21-10-22-58(49)26-32(50)25-49/h1,3-8,11-14,17,19,23-24,32-33,38,40,53H,9-10,15-16,18,20-22,25-28H2/t32-,33-,38+,40-,49+/m1/s1. The van der Waals surface area contributed by atoms with Gasteiger partial charge in [-0.05, 0) is 75.1 Å². The van der Waals surface area contributed by atoms with Crippen LogP contribution in [0, 0.1) is 24.0 Å². The molecule has 0 amide bonds. The number of aliphatic imine (C=N–C) groups is 1. The van der Waals surface area contributed by atoms with Gasteiger partial charge in [0.1, 0.15) is 35.6 Å². The lowest BCUT2D eigenvalue weighted by Gasteiger charge is -2.43. The molecule has 0 spiro atoms. The average molecular weight is 804 g/mol. The van der Waals surface area contributed by atoms with Gasteiger partial charge in [-0.2, -0.15) is 9.97 Å². The van der Waals surface area contributed by atoms with Gasteiger partial charge in [0.25, 0.3) is 0 Å². The van der Waals surface area contributed by atoms with Crippen molar-refractivity contribution in [2.24, 2.45) is 4.99 Å². The Morgan fingerprint density at radius 3 is 2.50 bits per heavy atom. The zero-order chi connectivity index (χ0) is 40.5. The number of benzene rings is 4. The number of nitrogens with one attached hydrogen (secondary N) is 1.